The van der Waals surface area contributed by atoms with E-state index in [1.807, 2.05) is 0 Å². The van der Waals surface area contributed by atoms with Gasteiger partial charge in [-0.25, -0.2) is 0 Å². The van der Waals surface area contributed by atoms with Crippen LogP contribution in [0, 0.1) is 6.92 Å². The zero-order valence-electron chi connectivity index (χ0n) is 7.94. The fraction of sp³-hybridized carbons (Fsp3) is 0.400. The molecule has 0 saturated heterocycles. The number of phenolic OH excluding ortho intramolecular Hbond substituents is 1. The maximum Gasteiger partial charge on any atom is 0.416 e. The molecule has 0 radical (unpaired) electrons. The third kappa shape index (κ3) is 2.00. The summed E-state index contributed by atoms with van der Waals surface area (Å²) in [5.41, 5.74) is -0.287. The Morgan fingerprint density at radius 2 is 1.86 bits per heavy atom. The number of phenols is 1. The van der Waals surface area contributed by atoms with Crippen LogP contribution in [-0.2, 0) is 12.6 Å². The molecule has 0 saturated carbocycles. The van der Waals surface area contributed by atoms with Gasteiger partial charge >= 0.3 is 6.18 Å². The van der Waals surface area contributed by atoms with E-state index >= 15 is 0 Å². The van der Waals surface area contributed by atoms with Crippen LogP contribution in [0.5, 0.6) is 5.75 Å². The van der Waals surface area contributed by atoms with Crippen LogP contribution in [0.25, 0.3) is 0 Å². The molecular weight excluding hydrogens is 193 g/mol. The van der Waals surface area contributed by atoms with Crippen LogP contribution in [0.2, 0.25) is 0 Å². The maximum atomic E-state index is 12.5. The van der Waals surface area contributed by atoms with Crippen molar-refractivity contribution in [2.45, 2.75) is 26.4 Å². The van der Waals surface area contributed by atoms with E-state index in [1.165, 1.54) is 13.0 Å². The van der Waals surface area contributed by atoms with Gasteiger partial charge < -0.3 is 5.11 Å². The summed E-state index contributed by atoms with van der Waals surface area (Å²) in [5.74, 6) is -0.0881. The van der Waals surface area contributed by atoms with Crippen LogP contribution >= 0.6 is 0 Å². The second kappa shape index (κ2) is 3.52. The average Bonchev–Trinajstić information content (AvgIpc) is 2.07. The summed E-state index contributed by atoms with van der Waals surface area (Å²) in [4.78, 5) is 0. The number of halogens is 3. The Hall–Kier alpha value is -1.19. The molecule has 0 heterocycles. The minimum Gasteiger partial charge on any atom is -0.508 e. The summed E-state index contributed by atoms with van der Waals surface area (Å²) in [5, 5.41) is 9.25. The number of alkyl halides is 3. The van der Waals surface area contributed by atoms with E-state index in [-0.39, 0.29) is 23.3 Å². The molecule has 0 fully saturated rings. The second-order valence-electron chi connectivity index (χ2n) is 3.15. The highest BCUT2D eigenvalue weighted by atomic mass is 19.4. The van der Waals surface area contributed by atoms with Crippen molar-refractivity contribution in [2.75, 3.05) is 0 Å². The quantitative estimate of drug-likeness (QED) is 0.744. The third-order valence-corrected chi connectivity index (χ3v) is 2.11. The minimum atomic E-state index is -4.34. The first kappa shape index (κ1) is 10.9. The lowest BCUT2D eigenvalue weighted by molar-refractivity contribution is -0.138. The summed E-state index contributed by atoms with van der Waals surface area (Å²) in [6.45, 7) is 3.07. The number of hydrogen-bond acceptors (Lipinski definition) is 1. The summed E-state index contributed by atoms with van der Waals surface area (Å²) in [6, 6.07) is 2.16. The average molecular weight is 204 g/mol. The Kier molecular flexibility index (Phi) is 2.73. The van der Waals surface area contributed by atoms with Gasteiger partial charge in [0.15, 0.2) is 0 Å². The molecule has 0 atom stereocenters. The van der Waals surface area contributed by atoms with Crippen molar-refractivity contribution in [1.82, 2.24) is 0 Å². The number of aromatic hydroxyl groups is 1. The predicted molar refractivity (Wildman–Crippen MR) is 47.2 cm³/mol. The van der Waals surface area contributed by atoms with Gasteiger partial charge in [-0.2, -0.15) is 13.2 Å². The zero-order chi connectivity index (χ0) is 10.9. The Balaban J connectivity index is 3.35. The largest absolute Gasteiger partial charge is 0.508 e. The number of rotatable bonds is 1. The smallest absolute Gasteiger partial charge is 0.416 e. The first-order valence-corrected chi connectivity index (χ1v) is 4.26. The highest BCUT2D eigenvalue weighted by Crippen LogP contribution is 2.35. The van der Waals surface area contributed by atoms with Crippen LogP contribution in [0.1, 0.15) is 23.6 Å². The SMILES string of the molecule is CCc1cc(O)c(C)cc1C(F)(F)F. The Morgan fingerprint density at radius 3 is 2.29 bits per heavy atom. The topological polar surface area (TPSA) is 20.2 Å². The lowest BCUT2D eigenvalue weighted by Crippen LogP contribution is -2.09. The Bertz CT molecular complexity index is 342. The molecule has 1 aromatic carbocycles. The number of benzene rings is 1. The van der Waals surface area contributed by atoms with Crippen molar-refractivity contribution >= 4 is 0 Å². The van der Waals surface area contributed by atoms with E-state index in [1.54, 1.807) is 6.92 Å². The Labute approximate surface area is 80.2 Å². The normalized spacial score (nSPS) is 11.8. The van der Waals surface area contributed by atoms with E-state index < -0.39 is 11.7 Å². The van der Waals surface area contributed by atoms with Crippen molar-refractivity contribution in [3.8, 4) is 5.75 Å². The van der Waals surface area contributed by atoms with Gasteiger partial charge in [-0.15, -0.1) is 0 Å². The van der Waals surface area contributed by atoms with Crippen molar-refractivity contribution in [1.29, 1.82) is 0 Å². The molecule has 0 aliphatic carbocycles. The van der Waals surface area contributed by atoms with Gasteiger partial charge in [0, 0.05) is 0 Å². The summed E-state index contributed by atoms with van der Waals surface area (Å²) >= 11 is 0. The van der Waals surface area contributed by atoms with Crippen LogP contribution in [0.3, 0.4) is 0 Å². The van der Waals surface area contributed by atoms with Crippen LogP contribution in [0.15, 0.2) is 12.1 Å². The number of hydrogen-bond donors (Lipinski definition) is 1. The fourth-order valence-corrected chi connectivity index (χ4v) is 1.30. The molecule has 0 spiro atoms. The van der Waals surface area contributed by atoms with Crippen molar-refractivity contribution < 1.29 is 18.3 Å². The molecule has 1 aromatic rings. The molecule has 0 unspecified atom stereocenters. The standard InChI is InChI=1S/C10H11F3O/c1-3-7-5-9(14)6(2)4-8(7)10(11,12)13/h4-5,14H,3H2,1-2H3. The molecule has 1 rings (SSSR count). The molecule has 14 heavy (non-hydrogen) atoms. The van der Waals surface area contributed by atoms with E-state index in [0.29, 0.717) is 0 Å². The minimum absolute atomic E-state index is 0.0881. The van der Waals surface area contributed by atoms with Crippen molar-refractivity contribution in [3.05, 3.63) is 28.8 Å². The van der Waals surface area contributed by atoms with Crippen LogP contribution in [0.4, 0.5) is 13.2 Å². The second-order valence-corrected chi connectivity index (χ2v) is 3.15. The van der Waals surface area contributed by atoms with E-state index in [2.05, 4.69) is 0 Å². The van der Waals surface area contributed by atoms with Gasteiger partial charge in [0.05, 0.1) is 5.56 Å². The molecule has 1 nitrogen and oxygen atoms in total. The number of aryl methyl sites for hydroxylation is 2. The zero-order valence-corrected chi connectivity index (χ0v) is 7.94. The molecule has 0 aromatic heterocycles. The highest BCUT2D eigenvalue weighted by Gasteiger charge is 2.33. The lowest BCUT2D eigenvalue weighted by atomic mass is 10.0. The van der Waals surface area contributed by atoms with E-state index in [0.717, 1.165) is 6.07 Å². The van der Waals surface area contributed by atoms with Gasteiger partial charge in [-0.3, -0.25) is 0 Å². The highest BCUT2D eigenvalue weighted by molar-refractivity contribution is 5.42. The van der Waals surface area contributed by atoms with Gasteiger partial charge in [0.1, 0.15) is 5.75 Å². The molecule has 1 N–H and O–H groups in total. The Morgan fingerprint density at radius 1 is 1.29 bits per heavy atom. The molecule has 4 heteroatoms. The molecule has 0 aliphatic heterocycles. The van der Waals surface area contributed by atoms with Gasteiger partial charge in [0.2, 0.25) is 0 Å². The molecule has 78 valence electrons. The predicted octanol–water partition coefficient (Wildman–Crippen LogP) is 3.28. The van der Waals surface area contributed by atoms with E-state index in [4.69, 9.17) is 0 Å². The summed E-state index contributed by atoms with van der Waals surface area (Å²) < 4.78 is 37.4. The van der Waals surface area contributed by atoms with Gasteiger partial charge in [-0.1, -0.05) is 6.92 Å². The molecule has 0 bridgehead atoms. The molecule has 0 aliphatic rings. The first-order valence-electron chi connectivity index (χ1n) is 4.26. The van der Waals surface area contributed by atoms with Crippen molar-refractivity contribution in [2.24, 2.45) is 0 Å². The van der Waals surface area contributed by atoms with Crippen LogP contribution in [-0.4, -0.2) is 5.11 Å². The molecular formula is C10H11F3O. The monoisotopic (exact) mass is 204 g/mol. The summed E-state index contributed by atoms with van der Waals surface area (Å²) in [7, 11) is 0. The summed E-state index contributed by atoms with van der Waals surface area (Å²) in [6.07, 6.45) is -4.09. The first-order chi connectivity index (χ1) is 6.36. The third-order valence-electron chi connectivity index (χ3n) is 2.11. The van der Waals surface area contributed by atoms with E-state index in [9.17, 15) is 18.3 Å². The van der Waals surface area contributed by atoms with Crippen LogP contribution < -0.4 is 0 Å². The van der Waals surface area contributed by atoms with Crippen molar-refractivity contribution in [3.63, 3.8) is 0 Å². The van der Waals surface area contributed by atoms with Gasteiger partial charge in [0.25, 0.3) is 0 Å². The molecule has 0 amide bonds. The fourth-order valence-electron chi connectivity index (χ4n) is 1.30. The van der Waals surface area contributed by atoms with Gasteiger partial charge in [-0.05, 0) is 36.6 Å². The maximum absolute atomic E-state index is 12.5. The lowest BCUT2D eigenvalue weighted by Gasteiger charge is -2.13.